The van der Waals surface area contributed by atoms with Crippen LogP contribution in [0.1, 0.15) is 29.8 Å². The number of carbonyl (C=O) groups excluding carboxylic acids is 1. The van der Waals surface area contributed by atoms with Crippen molar-refractivity contribution in [1.82, 2.24) is 9.78 Å². The molecular formula is C24H25FN4O3. The molecule has 1 aliphatic heterocycles. The van der Waals surface area contributed by atoms with E-state index in [0.717, 1.165) is 31.6 Å². The number of ether oxygens (including phenoxy) is 1. The van der Waals surface area contributed by atoms with Crippen molar-refractivity contribution in [3.63, 3.8) is 0 Å². The Morgan fingerprint density at radius 1 is 1.03 bits per heavy atom. The van der Waals surface area contributed by atoms with Gasteiger partial charge in [0.25, 0.3) is 11.5 Å². The van der Waals surface area contributed by atoms with Crippen LogP contribution in [-0.4, -0.2) is 35.4 Å². The molecule has 1 N–H and O–H groups in total. The zero-order valence-corrected chi connectivity index (χ0v) is 17.7. The van der Waals surface area contributed by atoms with Crippen molar-refractivity contribution in [2.24, 2.45) is 0 Å². The fraction of sp³-hybridized carbons (Fsp3) is 0.292. The molecule has 0 spiro atoms. The van der Waals surface area contributed by atoms with Crippen LogP contribution in [0.2, 0.25) is 0 Å². The molecule has 166 valence electrons. The molecule has 4 rings (SSSR count). The molecule has 0 aliphatic carbocycles. The summed E-state index contributed by atoms with van der Waals surface area (Å²) in [6, 6.07) is 16.3. The molecular weight excluding hydrogens is 411 g/mol. The lowest BCUT2D eigenvalue weighted by Crippen LogP contribution is -2.31. The van der Waals surface area contributed by atoms with Gasteiger partial charge in [-0.2, -0.15) is 5.10 Å². The first-order chi connectivity index (χ1) is 15.6. The Balaban J connectivity index is 1.47. The van der Waals surface area contributed by atoms with Gasteiger partial charge in [-0.25, -0.2) is 9.07 Å². The number of rotatable bonds is 7. The highest BCUT2D eigenvalue weighted by Crippen LogP contribution is 2.29. The first-order valence-electron chi connectivity index (χ1n) is 10.7. The van der Waals surface area contributed by atoms with E-state index in [-0.39, 0.29) is 24.4 Å². The highest BCUT2D eigenvalue weighted by molar-refractivity contribution is 6.04. The van der Waals surface area contributed by atoms with Crippen LogP contribution in [-0.2, 0) is 6.54 Å². The van der Waals surface area contributed by atoms with E-state index in [4.69, 9.17) is 4.74 Å². The number of nitrogens with one attached hydrogen (secondary N) is 1. The van der Waals surface area contributed by atoms with Crippen molar-refractivity contribution >= 4 is 17.3 Å². The van der Waals surface area contributed by atoms with E-state index in [2.05, 4.69) is 15.3 Å². The van der Waals surface area contributed by atoms with Gasteiger partial charge < -0.3 is 15.0 Å². The Kier molecular flexibility index (Phi) is 6.79. The first-order valence-corrected chi connectivity index (χ1v) is 10.7. The van der Waals surface area contributed by atoms with Gasteiger partial charge in [-0.1, -0.05) is 18.2 Å². The van der Waals surface area contributed by atoms with Gasteiger partial charge in [0.2, 0.25) is 0 Å². The Morgan fingerprint density at radius 3 is 2.59 bits per heavy atom. The van der Waals surface area contributed by atoms with Gasteiger partial charge in [0.15, 0.2) is 0 Å². The number of piperidine rings is 1. The van der Waals surface area contributed by atoms with E-state index in [1.54, 1.807) is 6.07 Å². The summed E-state index contributed by atoms with van der Waals surface area (Å²) in [6.07, 6.45) is 3.28. The van der Waals surface area contributed by atoms with Gasteiger partial charge in [0.05, 0.1) is 17.9 Å². The number of halogens is 1. The Morgan fingerprint density at radius 2 is 1.81 bits per heavy atom. The molecule has 1 aliphatic rings. The first kappa shape index (κ1) is 21.5. The summed E-state index contributed by atoms with van der Waals surface area (Å²) < 4.78 is 20.7. The lowest BCUT2D eigenvalue weighted by atomic mass is 10.1. The summed E-state index contributed by atoms with van der Waals surface area (Å²) in [4.78, 5) is 27.2. The van der Waals surface area contributed by atoms with Crippen LogP contribution in [0.25, 0.3) is 0 Å². The molecule has 1 fully saturated rings. The summed E-state index contributed by atoms with van der Waals surface area (Å²) >= 11 is 0. The molecule has 2 aromatic carbocycles. The molecule has 0 atom stereocenters. The van der Waals surface area contributed by atoms with Crippen LogP contribution in [0.5, 0.6) is 5.75 Å². The number of aromatic nitrogens is 2. The smallest absolute Gasteiger partial charge is 0.276 e. The minimum Gasteiger partial charge on any atom is -0.492 e. The van der Waals surface area contributed by atoms with Gasteiger partial charge in [-0.3, -0.25) is 9.59 Å². The lowest BCUT2D eigenvalue weighted by molar-refractivity contribution is 0.101. The molecule has 3 aromatic rings. The second-order valence-electron chi connectivity index (χ2n) is 7.60. The summed E-state index contributed by atoms with van der Waals surface area (Å²) in [5, 5.41) is 6.93. The quantitative estimate of drug-likeness (QED) is 0.611. The van der Waals surface area contributed by atoms with E-state index in [9.17, 15) is 14.0 Å². The zero-order valence-electron chi connectivity index (χ0n) is 17.7. The van der Waals surface area contributed by atoms with Gasteiger partial charge in [-0.15, -0.1) is 0 Å². The fourth-order valence-corrected chi connectivity index (χ4v) is 3.70. The average Bonchev–Trinajstić information content (AvgIpc) is 2.81. The third-order valence-electron chi connectivity index (χ3n) is 5.32. The number of nitrogens with zero attached hydrogens (tertiary/aromatic N) is 3. The number of para-hydroxylation sites is 1. The van der Waals surface area contributed by atoms with Crippen molar-refractivity contribution in [3.8, 4) is 5.75 Å². The molecule has 0 radical (unpaired) electrons. The maximum absolute atomic E-state index is 13.9. The molecule has 0 bridgehead atoms. The summed E-state index contributed by atoms with van der Waals surface area (Å²) in [6.45, 7) is 2.14. The maximum atomic E-state index is 13.9. The number of carbonyl (C=O) groups is 1. The molecule has 2 heterocycles. The normalized spacial score (nSPS) is 13.6. The van der Waals surface area contributed by atoms with Crippen LogP contribution in [0.4, 0.5) is 15.8 Å². The number of anilines is 2. The monoisotopic (exact) mass is 436 g/mol. The van der Waals surface area contributed by atoms with Crippen LogP contribution in [0.3, 0.4) is 0 Å². The summed E-state index contributed by atoms with van der Waals surface area (Å²) in [7, 11) is 0. The predicted octanol–water partition coefficient (Wildman–Crippen LogP) is 3.70. The van der Waals surface area contributed by atoms with Crippen molar-refractivity contribution in [1.29, 1.82) is 0 Å². The van der Waals surface area contributed by atoms with Crippen LogP contribution < -0.4 is 20.5 Å². The van der Waals surface area contributed by atoms with Gasteiger partial charge in [-0.05, 0) is 55.7 Å². The predicted molar refractivity (Wildman–Crippen MR) is 121 cm³/mol. The molecule has 7 nitrogen and oxygen atoms in total. The third-order valence-corrected chi connectivity index (χ3v) is 5.32. The molecule has 0 unspecified atom stereocenters. The Bertz CT molecular complexity index is 1130. The minimum absolute atomic E-state index is 0.0677. The maximum Gasteiger partial charge on any atom is 0.276 e. The van der Waals surface area contributed by atoms with Gasteiger partial charge >= 0.3 is 0 Å². The van der Waals surface area contributed by atoms with E-state index < -0.39 is 11.7 Å². The molecule has 1 amide bonds. The standard InChI is InChI=1S/C24H25FN4O3/c25-18-9-11-22(28-13-5-2-6-14-28)21(17-18)26-24(31)20-10-12-23(30)29(27-20)15-16-32-19-7-3-1-4-8-19/h1,3-4,7-12,17H,2,5-6,13-16H2,(H,26,31). The Hall–Kier alpha value is -3.68. The highest BCUT2D eigenvalue weighted by atomic mass is 19.1. The van der Waals surface area contributed by atoms with E-state index in [1.807, 2.05) is 30.3 Å². The summed E-state index contributed by atoms with van der Waals surface area (Å²) in [5.74, 6) is -0.255. The number of hydrogen-bond donors (Lipinski definition) is 1. The van der Waals surface area contributed by atoms with Crippen LogP contribution >= 0.6 is 0 Å². The lowest BCUT2D eigenvalue weighted by Gasteiger charge is -2.30. The van der Waals surface area contributed by atoms with Crippen molar-refractivity contribution in [2.45, 2.75) is 25.8 Å². The third kappa shape index (κ3) is 5.32. The largest absolute Gasteiger partial charge is 0.492 e. The second kappa shape index (κ2) is 10.1. The van der Waals surface area contributed by atoms with Crippen molar-refractivity contribution in [2.75, 3.05) is 29.9 Å². The number of amides is 1. The van der Waals surface area contributed by atoms with Crippen molar-refractivity contribution in [3.05, 3.63) is 82.5 Å². The summed E-state index contributed by atoms with van der Waals surface area (Å²) in [5.41, 5.74) is 0.907. The van der Waals surface area contributed by atoms with Crippen LogP contribution in [0.15, 0.2) is 65.5 Å². The van der Waals surface area contributed by atoms with E-state index in [1.165, 1.54) is 35.4 Å². The molecule has 1 saturated heterocycles. The molecule has 1 aromatic heterocycles. The Labute approximate surface area is 185 Å². The fourth-order valence-electron chi connectivity index (χ4n) is 3.70. The highest BCUT2D eigenvalue weighted by Gasteiger charge is 2.18. The average molecular weight is 436 g/mol. The SMILES string of the molecule is O=C(Nc1cc(F)ccc1N1CCCCC1)c1ccc(=O)n(CCOc2ccccc2)n1. The van der Waals surface area contributed by atoms with E-state index in [0.29, 0.717) is 11.4 Å². The molecule has 0 saturated carbocycles. The van der Waals surface area contributed by atoms with Gasteiger partial charge in [0.1, 0.15) is 23.9 Å². The van der Waals surface area contributed by atoms with Crippen molar-refractivity contribution < 1.29 is 13.9 Å². The zero-order chi connectivity index (χ0) is 22.3. The molecule has 32 heavy (non-hydrogen) atoms. The number of benzene rings is 2. The van der Waals surface area contributed by atoms with Gasteiger partial charge in [0, 0.05) is 19.2 Å². The minimum atomic E-state index is -0.508. The molecule has 8 heteroatoms. The van der Waals surface area contributed by atoms with E-state index >= 15 is 0 Å². The van der Waals surface area contributed by atoms with Crippen LogP contribution in [0, 0.1) is 5.82 Å². The topological polar surface area (TPSA) is 76.5 Å². The second-order valence-corrected chi connectivity index (χ2v) is 7.60. The number of hydrogen-bond acceptors (Lipinski definition) is 5.